The third-order valence-corrected chi connectivity index (χ3v) is 4.45. The second-order valence-electron chi connectivity index (χ2n) is 6.49. The molecule has 9 heteroatoms. The molecule has 3 aromatic heterocycles. The zero-order valence-corrected chi connectivity index (χ0v) is 15.4. The molecule has 0 spiro atoms. The minimum Gasteiger partial charge on any atom is -0.350 e. The van der Waals surface area contributed by atoms with Gasteiger partial charge < -0.3 is 14.8 Å². The molecule has 1 aliphatic rings. The second-order valence-corrected chi connectivity index (χ2v) is 6.49. The van der Waals surface area contributed by atoms with Gasteiger partial charge in [0.05, 0.1) is 30.4 Å². The fourth-order valence-electron chi connectivity index (χ4n) is 3.02. The Morgan fingerprint density at radius 1 is 1.14 bits per heavy atom. The van der Waals surface area contributed by atoms with Gasteiger partial charge >= 0.3 is 6.03 Å². The molecule has 1 saturated heterocycles. The van der Waals surface area contributed by atoms with Crippen molar-refractivity contribution in [2.24, 2.45) is 0 Å². The zero-order valence-electron chi connectivity index (χ0n) is 15.4. The third-order valence-electron chi connectivity index (χ3n) is 4.45. The zero-order chi connectivity index (χ0) is 19.2. The summed E-state index contributed by atoms with van der Waals surface area (Å²) in [7, 11) is 0. The molecule has 0 saturated carbocycles. The number of amides is 2. The number of aromatic nitrogens is 4. The fraction of sp³-hybridized carbons (Fsp3) is 0.368. The van der Waals surface area contributed by atoms with Gasteiger partial charge in [-0.05, 0) is 37.5 Å². The second kappa shape index (κ2) is 8.77. The Hall–Kier alpha value is -3.04. The number of fused-ring (bicyclic) bond motifs is 1. The van der Waals surface area contributed by atoms with Crippen molar-refractivity contribution < 1.29 is 14.3 Å². The largest absolute Gasteiger partial charge is 0.350 e. The van der Waals surface area contributed by atoms with Gasteiger partial charge in [-0.1, -0.05) is 0 Å². The fourth-order valence-corrected chi connectivity index (χ4v) is 3.02. The molecule has 3 aromatic rings. The number of carbonyl (C=O) groups is 1. The van der Waals surface area contributed by atoms with Crippen LogP contribution in [-0.4, -0.2) is 52.2 Å². The number of aromatic amines is 1. The molecule has 9 nitrogen and oxygen atoms in total. The maximum absolute atomic E-state index is 12.1. The van der Waals surface area contributed by atoms with Crippen molar-refractivity contribution in [2.75, 3.05) is 25.1 Å². The van der Waals surface area contributed by atoms with E-state index in [1.54, 1.807) is 24.7 Å². The van der Waals surface area contributed by atoms with Gasteiger partial charge in [-0.2, -0.15) is 5.10 Å². The van der Waals surface area contributed by atoms with E-state index in [2.05, 4.69) is 30.8 Å². The Morgan fingerprint density at radius 3 is 2.86 bits per heavy atom. The summed E-state index contributed by atoms with van der Waals surface area (Å²) in [6, 6.07) is 5.21. The van der Waals surface area contributed by atoms with Crippen molar-refractivity contribution in [3.63, 3.8) is 0 Å². The minimum atomic E-state index is -0.279. The van der Waals surface area contributed by atoms with Crippen molar-refractivity contribution >= 4 is 22.9 Å². The average Bonchev–Trinajstić information content (AvgIpc) is 3.41. The highest BCUT2D eigenvalue weighted by Crippen LogP contribution is 2.21. The number of pyridine rings is 2. The first kappa shape index (κ1) is 18.3. The first-order valence-electron chi connectivity index (χ1n) is 9.32. The molecule has 0 bridgehead atoms. The van der Waals surface area contributed by atoms with E-state index in [0.29, 0.717) is 31.1 Å². The summed E-state index contributed by atoms with van der Waals surface area (Å²) in [5, 5.41) is 12.3. The van der Waals surface area contributed by atoms with Gasteiger partial charge in [-0.25, -0.2) is 9.78 Å². The van der Waals surface area contributed by atoms with Gasteiger partial charge in [-0.3, -0.25) is 15.4 Å². The van der Waals surface area contributed by atoms with Crippen LogP contribution in [0.25, 0.3) is 22.2 Å². The average molecular weight is 382 g/mol. The quantitative estimate of drug-likeness (QED) is 0.541. The van der Waals surface area contributed by atoms with E-state index < -0.39 is 0 Å². The van der Waals surface area contributed by atoms with Crippen LogP contribution in [0.4, 0.5) is 10.6 Å². The number of nitrogens with zero attached hydrogens (tertiary/aromatic N) is 3. The summed E-state index contributed by atoms with van der Waals surface area (Å²) < 4.78 is 10.8. The first-order chi connectivity index (χ1) is 13.8. The van der Waals surface area contributed by atoms with Crippen LogP contribution in [0, 0.1) is 0 Å². The lowest BCUT2D eigenvalue weighted by Gasteiger charge is -2.10. The lowest BCUT2D eigenvalue weighted by atomic mass is 10.1. The van der Waals surface area contributed by atoms with Crippen LogP contribution in [0.1, 0.15) is 19.3 Å². The number of unbranched alkanes of at least 4 members (excludes halogenated alkanes) is 1. The van der Waals surface area contributed by atoms with Gasteiger partial charge in [0.15, 0.2) is 6.29 Å². The minimum absolute atomic E-state index is 0.0869. The highest BCUT2D eigenvalue weighted by atomic mass is 16.7. The van der Waals surface area contributed by atoms with E-state index in [4.69, 9.17) is 9.47 Å². The summed E-state index contributed by atoms with van der Waals surface area (Å²) in [5.74, 6) is 0.476. The summed E-state index contributed by atoms with van der Waals surface area (Å²) in [4.78, 5) is 21.0. The lowest BCUT2D eigenvalue weighted by molar-refractivity contribution is -0.0478. The Labute approximate surface area is 161 Å². The molecule has 0 unspecified atom stereocenters. The number of H-pyrrole nitrogens is 1. The molecule has 0 atom stereocenters. The van der Waals surface area contributed by atoms with Gasteiger partial charge in [0, 0.05) is 30.1 Å². The molecule has 1 aliphatic heterocycles. The maximum atomic E-state index is 12.1. The van der Waals surface area contributed by atoms with Crippen LogP contribution in [0.2, 0.25) is 0 Å². The number of anilines is 1. The third kappa shape index (κ3) is 4.62. The van der Waals surface area contributed by atoms with Gasteiger partial charge in [-0.15, -0.1) is 0 Å². The number of urea groups is 1. The highest BCUT2D eigenvalue weighted by Gasteiger charge is 2.14. The van der Waals surface area contributed by atoms with Crippen LogP contribution in [0.5, 0.6) is 0 Å². The topological polar surface area (TPSA) is 114 Å². The molecule has 4 rings (SSSR count). The molecular weight excluding hydrogens is 360 g/mol. The summed E-state index contributed by atoms with van der Waals surface area (Å²) in [5.41, 5.74) is 3.30. The van der Waals surface area contributed by atoms with Crippen molar-refractivity contribution in [3.8, 4) is 11.1 Å². The number of ether oxygens (including phenoxy) is 2. The molecule has 4 heterocycles. The molecule has 0 radical (unpaired) electrons. The highest BCUT2D eigenvalue weighted by molar-refractivity contribution is 5.90. The maximum Gasteiger partial charge on any atom is 0.320 e. The Morgan fingerprint density at radius 2 is 2.04 bits per heavy atom. The Balaban J connectivity index is 1.29. The molecule has 3 N–H and O–H groups in total. The SMILES string of the molecule is O=C(NCCCCC1OCCO1)Nc1ccc2ncc(-c3cn[nH]c3)cc2n1. The lowest BCUT2D eigenvalue weighted by Crippen LogP contribution is -2.30. The molecule has 0 aromatic carbocycles. The van der Waals surface area contributed by atoms with E-state index in [0.717, 1.165) is 35.9 Å². The van der Waals surface area contributed by atoms with Gasteiger partial charge in [0.1, 0.15) is 5.82 Å². The van der Waals surface area contributed by atoms with Crippen LogP contribution in [-0.2, 0) is 9.47 Å². The molecular formula is C19H22N6O3. The molecule has 146 valence electrons. The van der Waals surface area contributed by atoms with E-state index >= 15 is 0 Å². The summed E-state index contributed by atoms with van der Waals surface area (Å²) >= 11 is 0. The Kier molecular flexibility index (Phi) is 5.74. The van der Waals surface area contributed by atoms with E-state index in [1.807, 2.05) is 12.1 Å². The summed E-state index contributed by atoms with van der Waals surface area (Å²) in [6.07, 6.45) is 7.85. The van der Waals surface area contributed by atoms with Crippen LogP contribution >= 0.6 is 0 Å². The normalized spacial score (nSPS) is 14.4. The number of hydrogen-bond acceptors (Lipinski definition) is 6. The van der Waals surface area contributed by atoms with E-state index in [9.17, 15) is 4.79 Å². The smallest absolute Gasteiger partial charge is 0.320 e. The summed E-state index contributed by atoms with van der Waals surface area (Å²) in [6.45, 7) is 1.92. The molecule has 28 heavy (non-hydrogen) atoms. The van der Waals surface area contributed by atoms with Crippen molar-refractivity contribution in [3.05, 3.63) is 36.8 Å². The standard InChI is InChI=1S/C19H22N6O3/c26-19(20-6-2-1-3-18-27-7-8-28-18)25-17-5-4-15-16(24-17)9-13(10-21-15)14-11-22-23-12-14/h4-5,9-12,18H,1-3,6-8H2,(H,22,23)(H2,20,24,25,26). The van der Waals surface area contributed by atoms with Crippen molar-refractivity contribution in [1.82, 2.24) is 25.5 Å². The number of carbonyl (C=O) groups excluding carboxylic acids is 1. The predicted molar refractivity (Wildman–Crippen MR) is 104 cm³/mol. The van der Waals surface area contributed by atoms with Crippen molar-refractivity contribution in [1.29, 1.82) is 0 Å². The van der Waals surface area contributed by atoms with E-state index in [-0.39, 0.29) is 12.3 Å². The van der Waals surface area contributed by atoms with Crippen LogP contribution < -0.4 is 10.6 Å². The molecule has 2 amide bonds. The van der Waals surface area contributed by atoms with Crippen LogP contribution in [0.3, 0.4) is 0 Å². The van der Waals surface area contributed by atoms with Crippen LogP contribution in [0.15, 0.2) is 36.8 Å². The monoisotopic (exact) mass is 382 g/mol. The predicted octanol–water partition coefficient (Wildman–Crippen LogP) is 2.68. The molecule has 1 fully saturated rings. The van der Waals surface area contributed by atoms with Crippen molar-refractivity contribution in [2.45, 2.75) is 25.6 Å². The first-order valence-corrected chi connectivity index (χ1v) is 9.32. The van der Waals surface area contributed by atoms with Gasteiger partial charge in [0.2, 0.25) is 0 Å². The van der Waals surface area contributed by atoms with Gasteiger partial charge in [0.25, 0.3) is 0 Å². The number of nitrogens with one attached hydrogen (secondary N) is 3. The Bertz CT molecular complexity index is 925. The molecule has 0 aliphatic carbocycles. The number of rotatable bonds is 7. The number of hydrogen-bond donors (Lipinski definition) is 3. The van der Waals surface area contributed by atoms with E-state index in [1.165, 1.54) is 0 Å².